The monoisotopic (exact) mass is 339 g/mol. The number of carbonyl (C=O) groups excluding carboxylic acids is 1. The van der Waals surface area contributed by atoms with Crippen LogP contribution in [0.1, 0.15) is 5.01 Å². The summed E-state index contributed by atoms with van der Waals surface area (Å²) in [6, 6.07) is 7.76. The van der Waals surface area contributed by atoms with Crippen molar-refractivity contribution in [3.05, 3.63) is 35.3 Å². The Bertz CT molecular complexity index is 764. The Hall–Kier alpha value is -1.77. The molecule has 0 saturated carbocycles. The number of thiazole rings is 1. The second-order valence-corrected chi connectivity index (χ2v) is 7.88. The molecule has 1 amide bonds. The summed E-state index contributed by atoms with van der Waals surface area (Å²) >= 11 is 1.51. The van der Waals surface area contributed by atoms with Gasteiger partial charge in [-0.25, -0.2) is 17.7 Å². The zero-order chi connectivity index (χ0) is 16.2. The largest absolute Gasteiger partial charge is 0.351 e. The van der Waals surface area contributed by atoms with E-state index in [4.69, 9.17) is 0 Å². The molecular weight excluding hydrogens is 322 g/mol. The topological polar surface area (TPSA) is 79.4 Å². The van der Waals surface area contributed by atoms with Gasteiger partial charge in [0.1, 0.15) is 5.01 Å². The summed E-state index contributed by atoms with van der Waals surface area (Å²) in [7, 11) is -1.74. The van der Waals surface area contributed by atoms with Crippen molar-refractivity contribution in [2.45, 2.75) is 0 Å². The highest BCUT2D eigenvalue weighted by molar-refractivity contribution is 7.88. The fourth-order valence-electron chi connectivity index (χ4n) is 1.67. The molecule has 0 bridgehead atoms. The van der Waals surface area contributed by atoms with Crippen LogP contribution in [-0.2, 0) is 14.8 Å². The van der Waals surface area contributed by atoms with Gasteiger partial charge in [-0.15, -0.1) is 11.3 Å². The first kappa shape index (κ1) is 16.6. The minimum absolute atomic E-state index is 0.236. The molecular formula is C14H17N3O3S2. The van der Waals surface area contributed by atoms with Crippen LogP contribution in [-0.4, -0.2) is 50.0 Å². The highest BCUT2D eigenvalue weighted by atomic mass is 32.2. The number of nitrogens with zero attached hydrogens (tertiary/aromatic N) is 2. The van der Waals surface area contributed by atoms with E-state index in [1.54, 1.807) is 6.08 Å². The van der Waals surface area contributed by atoms with Crippen molar-refractivity contribution in [3.63, 3.8) is 0 Å². The van der Waals surface area contributed by atoms with Crippen molar-refractivity contribution in [1.29, 1.82) is 0 Å². The van der Waals surface area contributed by atoms with E-state index in [-0.39, 0.29) is 19.0 Å². The average molecular weight is 339 g/mol. The third kappa shape index (κ3) is 4.62. The maximum absolute atomic E-state index is 11.7. The van der Waals surface area contributed by atoms with Crippen molar-refractivity contribution < 1.29 is 13.2 Å². The SMILES string of the molecule is CN(CCNC(=O)C=Cc1nc2ccccc2s1)S(C)(=O)=O. The second-order valence-electron chi connectivity index (χ2n) is 4.73. The number of hydrogen-bond donors (Lipinski definition) is 1. The van der Waals surface area contributed by atoms with Crippen LogP contribution < -0.4 is 5.32 Å². The number of nitrogens with one attached hydrogen (secondary N) is 1. The molecule has 0 atom stereocenters. The van der Waals surface area contributed by atoms with Crippen LogP contribution in [0, 0.1) is 0 Å². The van der Waals surface area contributed by atoms with E-state index in [0.29, 0.717) is 0 Å². The lowest BCUT2D eigenvalue weighted by Crippen LogP contribution is -2.34. The van der Waals surface area contributed by atoms with E-state index < -0.39 is 10.0 Å². The number of aromatic nitrogens is 1. The van der Waals surface area contributed by atoms with Crippen LogP contribution in [0.2, 0.25) is 0 Å². The van der Waals surface area contributed by atoms with Gasteiger partial charge in [0.15, 0.2) is 0 Å². The highest BCUT2D eigenvalue weighted by Crippen LogP contribution is 2.22. The Kier molecular flexibility index (Phi) is 5.28. The lowest BCUT2D eigenvalue weighted by atomic mass is 10.3. The van der Waals surface area contributed by atoms with Gasteiger partial charge in [-0.05, 0) is 18.2 Å². The van der Waals surface area contributed by atoms with Crippen LogP contribution in [0.25, 0.3) is 16.3 Å². The summed E-state index contributed by atoms with van der Waals surface area (Å²) in [5, 5.41) is 3.39. The summed E-state index contributed by atoms with van der Waals surface area (Å²) in [5.41, 5.74) is 0.905. The highest BCUT2D eigenvalue weighted by Gasteiger charge is 2.09. The zero-order valence-electron chi connectivity index (χ0n) is 12.3. The second kappa shape index (κ2) is 6.99. The van der Waals surface area contributed by atoms with Crippen molar-refractivity contribution in [3.8, 4) is 0 Å². The Labute approximate surface area is 133 Å². The molecule has 0 fully saturated rings. The van der Waals surface area contributed by atoms with Crippen LogP contribution in [0.5, 0.6) is 0 Å². The Balaban J connectivity index is 1.86. The number of fused-ring (bicyclic) bond motifs is 1. The first-order valence-electron chi connectivity index (χ1n) is 6.59. The van der Waals surface area contributed by atoms with E-state index >= 15 is 0 Å². The van der Waals surface area contributed by atoms with Crippen molar-refractivity contribution >= 4 is 43.6 Å². The normalized spacial score (nSPS) is 12.3. The van der Waals surface area contributed by atoms with Crippen LogP contribution in [0.15, 0.2) is 30.3 Å². The van der Waals surface area contributed by atoms with E-state index in [9.17, 15) is 13.2 Å². The molecule has 118 valence electrons. The fourth-order valence-corrected chi connectivity index (χ4v) is 2.96. The molecule has 0 aliphatic rings. The number of rotatable bonds is 6. The molecule has 1 heterocycles. The Morgan fingerprint density at radius 1 is 1.41 bits per heavy atom. The molecule has 1 N–H and O–H groups in total. The molecule has 0 spiro atoms. The molecule has 22 heavy (non-hydrogen) atoms. The summed E-state index contributed by atoms with van der Waals surface area (Å²) in [6.45, 7) is 0.492. The minimum Gasteiger partial charge on any atom is -0.351 e. The van der Waals surface area contributed by atoms with E-state index in [0.717, 1.165) is 21.5 Å². The predicted octanol–water partition coefficient (Wildman–Crippen LogP) is 1.32. The number of hydrogen-bond acceptors (Lipinski definition) is 5. The summed E-state index contributed by atoms with van der Waals surface area (Å²) in [5.74, 6) is -0.277. The van der Waals surface area contributed by atoms with Gasteiger partial charge >= 0.3 is 0 Å². The third-order valence-electron chi connectivity index (χ3n) is 2.98. The van der Waals surface area contributed by atoms with E-state index in [2.05, 4.69) is 10.3 Å². The molecule has 0 aliphatic carbocycles. The summed E-state index contributed by atoms with van der Waals surface area (Å²) < 4.78 is 24.6. The number of benzene rings is 1. The molecule has 8 heteroatoms. The predicted molar refractivity (Wildman–Crippen MR) is 89.1 cm³/mol. The summed E-state index contributed by atoms with van der Waals surface area (Å²) in [4.78, 5) is 16.1. The number of para-hydroxylation sites is 1. The molecule has 0 aliphatic heterocycles. The van der Waals surface area contributed by atoms with Crippen LogP contribution in [0.4, 0.5) is 0 Å². The van der Waals surface area contributed by atoms with Gasteiger partial charge in [0.2, 0.25) is 15.9 Å². The molecule has 2 rings (SSSR count). The molecule has 1 aromatic carbocycles. The maximum atomic E-state index is 11.7. The standard InChI is InChI=1S/C14H17N3O3S2/c1-17(22(2,19)20)10-9-15-13(18)7-8-14-16-11-5-3-4-6-12(11)21-14/h3-8H,9-10H2,1-2H3,(H,15,18). The first-order chi connectivity index (χ1) is 10.4. The van der Waals surface area contributed by atoms with Gasteiger partial charge in [0, 0.05) is 26.2 Å². The van der Waals surface area contributed by atoms with Crippen molar-refractivity contribution in [2.24, 2.45) is 0 Å². The van der Waals surface area contributed by atoms with Gasteiger partial charge in [0.05, 0.1) is 16.5 Å². The molecule has 0 radical (unpaired) electrons. The lowest BCUT2D eigenvalue weighted by Gasteiger charge is -2.13. The van der Waals surface area contributed by atoms with Crippen molar-refractivity contribution in [1.82, 2.24) is 14.6 Å². The van der Waals surface area contributed by atoms with Gasteiger partial charge in [0.25, 0.3) is 0 Å². The number of sulfonamides is 1. The van der Waals surface area contributed by atoms with E-state index in [1.807, 2.05) is 24.3 Å². The van der Waals surface area contributed by atoms with Crippen LogP contribution >= 0.6 is 11.3 Å². The number of amides is 1. The van der Waals surface area contributed by atoms with E-state index in [1.165, 1.54) is 28.8 Å². The van der Waals surface area contributed by atoms with Gasteiger partial charge in [-0.3, -0.25) is 4.79 Å². The molecule has 6 nitrogen and oxygen atoms in total. The van der Waals surface area contributed by atoms with Crippen molar-refractivity contribution in [2.75, 3.05) is 26.4 Å². The third-order valence-corrected chi connectivity index (χ3v) is 5.30. The fraction of sp³-hybridized carbons (Fsp3) is 0.286. The average Bonchev–Trinajstić information content (AvgIpc) is 2.86. The maximum Gasteiger partial charge on any atom is 0.244 e. The Morgan fingerprint density at radius 3 is 2.82 bits per heavy atom. The smallest absolute Gasteiger partial charge is 0.244 e. The molecule has 2 aromatic rings. The zero-order valence-corrected chi connectivity index (χ0v) is 13.9. The molecule has 1 aromatic heterocycles. The quantitative estimate of drug-likeness (QED) is 0.805. The minimum atomic E-state index is -3.22. The van der Waals surface area contributed by atoms with Gasteiger partial charge in [-0.2, -0.15) is 0 Å². The lowest BCUT2D eigenvalue weighted by molar-refractivity contribution is -0.116. The molecule has 0 unspecified atom stereocenters. The molecule has 0 saturated heterocycles. The summed E-state index contributed by atoms with van der Waals surface area (Å²) in [6.07, 6.45) is 4.18. The first-order valence-corrected chi connectivity index (χ1v) is 9.25. The van der Waals surface area contributed by atoms with Gasteiger partial charge in [-0.1, -0.05) is 12.1 Å². The number of likely N-dealkylation sites (N-methyl/N-ethyl adjacent to an activating group) is 1. The van der Waals surface area contributed by atoms with Crippen LogP contribution in [0.3, 0.4) is 0 Å². The van der Waals surface area contributed by atoms with Gasteiger partial charge < -0.3 is 5.32 Å². The Morgan fingerprint density at radius 2 is 2.14 bits per heavy atom. The number of carbonyl (C=O) groups is 1.